The summed E-state index contributed by atoms with van der Waals surface area (Å²) in [5.74, 6) is 1.98. The number of Topliss-reactive ketones (excluding diaryl/α,β-unsaturated/α-hetero) is 1. The molecule has 2 fully saturated rings. The summed E-state index contributed by atoms with van der Waals surface area (Å²) in [5.41, 5.74) is 10.5. The van der Waals surface area contributed by atoms with E-state index in [1.807, 2.05) is 159 Å². The Morgan fingerprint density at radius 3 is 1.13 bits per heavy atom. The van der Waals surface area contributed by atoms with Crippen molar-refractivity contribution in [1.29, 1.82) is 0 Å². The van der Waals surface area contributed by atoms with E-state index in [-0.39, 0.29) is 67.8 Å². The number of aromatic nitrogens is 4. The summed E-state index contributed by atoms with van der Waals surface area (Å²) in [7, 11) is 0. The van der Waals surface area contributed by atoms with E-state index in [0.29, 0.717) is 82.9 Å². The van der Waals surface area contributed by atoms with Gasteiger partial charge in [-0.3, -0.25) is 9.97 Å². The van der Waals surface area contributed by atoms with Crippen molar-refractivity contribution in [3.63, 3.8) is 0 Å². The first kappa shape index (κ1) is 63.8. The molecule has 444 valence electrons. The van der Waals surface area contributed by atoms with Crippen molar-refractivity contribution in [3.05, 3.63) is 145 Å². The Morgan fingerprint density at radius 1 is 0.453 bits per heavy atom. The minimum absolute atomic E-state index is 0.0652. The quantitative estimate of drug-likeness (QED) is 0.0510. The Bertz CT molecular complexity index is 3790. The maximum absolute atomic E-state index is 15.9. The smallest absolute Gasteiger partial charge is 0.490 e. The number of hydrogen-bond donors (Lipinski definition) is 0. The molecule has 0 amide bonds. The van der Waals surface area contributed by atoms with Crippen LogP contribution in [0.25, 0.3) is 66.8 Å². The van der Waals surface area contributed by atoms with Crippen molar-refractivity contribution in [1.82, 2.24) is 29.7 Å². The van der Waals surface area contributed by atoms with Crippen molar-refractivity contribution < 1.29 is 116 Å². The predicted octanol–water partition coefficient (Wildman–Crippen LogP) is 11.1. The summed E-state index contributed by atoms with van der Waals surface area (Å²) in [4.78, 5) is 39.5. The Hall–Kier alpha value is -5.25. The molecule has 0 N–H and O–H groups in total. The molecular weight excluding hydrogens is 1280 g/mol. The monoisotopic (exact) mass is 1340 g/mol. The number of carbonyl (C=O) groups excluding carboxylic acids is 1. The first-order valence-corrected chi connectivity index (χ1v) is 45.2. The molecule has 6 aromatic carbocycles. The van der Waals surface area contributed by atoms with Crippen LogP contribution in [0.2, 0.25) is 0 Å². The third kappa shape index (κ3) is 13.6. The summed E-state index contributed by atoms with van der Waals surface area (Å²) < 4.78 is 126. The topological polar surface area (TPSA) is 249 Å². The van der Waals surface area contributed by atoms with Gasteiger partial charge in [-0.05, 0) is 76.2 Å². The van der Waals surface area contributed by atoms with Gasteiger partial charge in [0.25, 0.3) is 0 Å². The van der Waals surface area contributed by atoms with Gasteiger partial charge in [0.1, 0.15) is 0 Å². The van der Waals surface area contributed by atoms with Gasteiger partial charge in [-0.2, -0.15) is 0 Å². The predicted molar refractivity (Wildman–Crippen MR) is 309 cm³/mol. The van der Waals surface area contributed by atoms with Gasteiger partial charge < -0.3 is 18.9 Å². The van der Waals surface area contributed by atoms with E-state index in [2.05, 4.69) is 0 Å². The molecule has 10 rings (SSSR count). The normalized spacial score (nSPS) is 16.5. The second-order valence-corrected chi connectivity index (χ2v) is 55.2. The number of fused-ring (bicyclic) bond motifs is 2. The number of benzene rings is 6. The van der Waals surface area contributed by atoms with Crippen LogP contribution in [0.4, 0.5) is 0 Å². The minimum Gasteiger partial charge on any atom is -0.490 e. The third-order valence-corrected chi connectivity index (χ3v) is 54.5. The third-order valence-electron chi connectivity index (χ3n) is 15.9. The molecule has 86 heavy (non-hydrogen) atoms. The van der Waals surface area contributed by atoms with E-state index in [9.17, 15) is 26.6 Å². The molecule has 4 heterocycles. The Labute approximate surface area is 520 Å². The number of nitrogens with zero attached hydrogens (tertiary/aromatic N) is 6. The van der Waals surface area contributed by atoms with Crippen LogP contribution in [0.15, 0.2) is 134 Å². The van der Waals surface area contributed by atoms with Gasteiger partial charge in [0, 0.05) is 11.1 Å². The van der Waals surface area contributed by atoms with E-state index in [4.69, 9.17) is 38.9 Å². The van der Waals surface area contributed by atoms with Crippen LogP contribution >= 0.6 is 10.4 Å². The first-order chi connectivity index (χ1) is 41.6. The van der Waals surface area contributed by atoms with Gasteiger partial charge in [-0.1, -0.05) is 12.1 Å². The summed E-state index contributed by atoms with van der Waals surface area (Å²) >= 11 is -17.6. The van der Waals surface area contributed by atoms with Gasteiger partial charge >= 0.3 is 303 Å². The fourth-order valence-electron chi connectivity index (χ4n) is 11.3. The Kier molecular flexibility index (Phi) is 21.1. The van der Waals surface area contributed by atoms with Gasteiger partial charge in [0.05, 0.1) is 61.2 Å². The molecule has 2 aromatic heterocycles. The molecule has 2 aliphatic heterocycles. The summed E-state index contributed by atoms with van der Waals surface area (Å²) in [5, 5.41) is -5.73. The number of para-hydroxylation sites is 2. The number of ether oxygens (including phenoxy) is 4. The molecule has 0 aliphatic carbocycles. The molecule has 2 saturated heterocycles. The number of hydrogen-bond acceptors (Lipinski definition) is 19. The second kappa shape index (κ2) is 28.5. The van der Waals surface area contributed by atoms with Gasteiger partial charge in [0.15, 0.2) is 23.0 Å². The van der Waals surface area contributed by atoms with Gasteiger partial charge in [-0.25, -0.2) is 9.97 Å². The van der Waals surface area contributed by atoms with E-state index < -0.39 is 88.5 Å². The SMILES string of the molecule is CCOc1ccc(-c2cnc3cccc(-c4ccc(CC(C(=O)C(Cc5ccc(-c6cccc7ncc(-c8ccc(OCC)c(OCC)c8)nc67)cc5)N5CC[S]([Ti](=[O])=[O])([Ti](=[O])=[O])CC5)N5CC[S]([Ti](=[O])=[O])([Ti](=[O])=[O])CC5)cc4)c3n2)cc1OCC. The van der Waals surface area contributed by atoms with E-state index >= 15 is 4.79 Å². The average Bonchev–Trinajstić information content (AvgIpc) is 2.04. The van der Waals surface area contributed by atoms with Crippen LogP contribution in [0.3, 0.4) is 0 Å². The molecule has 19 nitrogen and oxygen atoms in total. The van der Waals surface area contributed by atoms with Crippen molar-refractivity contribution in [2.24, 2.45) is 0 Å². The van der Waals surface area contributed by atoms with Crippen LogP contribution in [-0.2, 0) is 110 Å². The zero-order valence-corrected chi connectivity index (χ0v) is 55.9. The molecule has 2 atom stereocenters. The molecule has 2 aliphatic rings. The standard InChI is InChI=1S/C61H64N6O5S2.8O.4Ti/c1-5-69-55-25-23-45(37-57(55)71-7-3)51-39-62-49-13-9-11-47(59(49)64-51)43-19-15-41(16-20-43)35-53(66-27-31-73-32-28-66)61(68)54(67-29-33-74-34-30-67)36-42-17-21-44(22-18-42)48-12-10-14-50-60(48)65-52(40-63-50)46-24-26-56(70-6-2)58(38-46)72-8-4;;;;;;;;;;;;/h9-26,37-40,53-54H,5-8,27-36H2,1-4H3;;;;;;;;;;;;. The number of carbonyl (C=O) groups is 1. The summed E-state index contributed by atoms with van der Waals surface area (Å²) in [6, 6.07) is 36.8. The Morgan fingerprint density at radius 2 is 0.791 bits per heavy atom. The molecule has 8 aromatic rings. The van der Waals surface area contributed by atoms with Crippen LogP contribution in [0.1, 0.15) is 38.8 Å². The minimum atomic E-state index is -4.40. The van der Waals surface area contributed by atoms with E-state index in [1.165, 1.54) is 0 Å². The number of ketones is 1. The molecule has 0 spiro atoms. The number of rotatable bonds is 24. The van der Waals surface area contributed by atoms with E-state index in [0.717, 1.165) is 44.5 Å². The maximum atomic E-state index is 15.9. The molecule has 2 unspecified atom stereocenters. The van der Waals surface area contributed by atoms with Crippen molar-refractivity contribution in [2.75, 3.05) is 75.6 Å². The fourth-order valence-corrected chi connectivity index (χ4v) is 31.7. The van der Waals surface area contributed by atoms with Crippen LogP contribution in [-0.4, -0.2) is 123 Å². The van der Waals surface area contributed by atoms with Crippen LogP contribution < -0.4 is 18.9 Å². The van der Waals surface area contributed by atoms with Crippen molar-refractivity contribution in [2.45, 2.75) is 52.6 Å². The van der Waals surface area contributed by atoms with Crippen LogP contribution in [0, 0.1) is 0 Å². The summed E-state index contributed by atoms with van der Waals surface area (Å²) in [6.45, 7) is 9.79. The first-order valence-electron chi connectivity index (χ1n) is 28.5. The summed E-state index contributed by atoms with van der Waals surface area (Å²) in [6.07, 6.45) is 3.80. The Balaban J connectivity index is 0.983. The van der Waals surface area contributed by atoms with Crippen molar-refractivity contribution in [3.8, 4) is 67.8 Å². The fraction of sp³-hybridized carbons (Fsp3) is 0.328. The molecular formula is C61H64N6O13S2Ti4. The zero-order valence-electron chi connectivity index (χ0n) is 48.1. The molecule has 0 bridgehead atoms. The van der Waals surface area contributed by atoms with Gasteiger partial charge in [0.2, 0.25) is 0 Å². The van der Waals surface area contributed by atoms with Gasteiger partial charge in [-0.15, -0.1) is 0 Å². The molecule has 0 radical (unpaired) electrons. The van der Waals surface area contributed by atoms with Crippen molar-refractivity contribution >= 4 is 38.3 Å². The average molecular weight is 1340 g/mol. The molecule has 25 heteroatoms. The second-order valence-electron chi connectivity index (χ2n) is 20.8. The molecule has 0 saturated carbocycles. The zero-order chi connectivity index (χ0) is 60.7. The van der Waals surface area contributed by atoms with Crippen LogP contribution in [0.5, 0.6) is 23.0 Å². The van der Waals surface area contributed by atoms with E-state index in [1.54, 1.807) is 12.4 Å².